The average molecular weight is 360 g/mol. The molecule has 0 amide bonds. The minimum Gasteiger partial charge on any atom is -0.494 e. The smallest absolute Gasteiger partial charge is 0.189 e. The molecule has 0 N–H and O–H groups in total. The van der Waals surface area contributed by atoms with Gasteiger partial charge in [-0.15, -0.1) is 6.58 Å². The van der Waals surface area contributed by atoms with E-state index in [1.54, 1.807) is 18.2 Å². The number of carbonyl (C=O) groups excluding carboxylic acids is 1. The summed E-state index contributed by atoms with van der Waals surface area (Å²) in [6, 6.07) is 4.97. The van der Waals surface area contributed by atoms with Gasteiger partial charge in [-0.2, -0.15) is 0 Å². The zero-order valence-electron chi connectivity index (χ0n) is 15.5. The molecule has 0 radical (unpaired) electrons. The van der Waals surface area contributed by atoms with Crippen LogP contribution in [0.5, 0.6) is 5.75 Å². The van der Waals surface area contributed by atoms with Crippen molar-refractivity contribution in [2.24, 2.45) is 17.8 Å². The number of hydrogen-bond donors (Lipinski definition) is 0. The van der Waals surface area contributed by atoms with E-state index in [0.717, 1.165) is 5.56 Å². The Morgan fingerprint density at radius 1 is 1.46 bits per heavy atom. The summed E-state index contributed by atoms with van der Waals surface area (Å²) in [4.78, 5) is 12.5. The van der Waals surface area contributed by atoms with Crippen LogP contribution in [0.3, 0.4) is 0 Å². The van der Waals surface area contributed by atoms with Crippen LogP contribution in [-0.4, -0.2) is 25.3 Å². The van der Waals surface area contributed by atoms with Gasteiger partial charge in [-0.05, 0) is 42.4 Å². The van der Waals surface area contributed by atoms with Crippen LogP contribution in [-0.2, 0) is 20.7 Å². The molecule has 1 fully saturated rings. The maximum Gasteiger partial charge on any atom is 0.189 e. The number of fused-ring (bicyclic) bond motifs is 1. The SMILES string of the molecule is C=CC(C)C1C[C@]2(C(C)Cc3ccc(OC)c(F)c3)OCOC2=CC1=O. The number of ether oxygens (including phenoxy) is 3. The van der Waals surface area contributed by atoms with Crippen LogP contribution >= 0.6 is 0 Å². The second kappa shape index (κ2) is 7.23. The van der Waals surface area contributed by atoms with Crippen molar-refractivity contribution in [1.82, 2.24) is 0 Å². The second-order valence-corrected chi connectivity index (χ2v) is 7.19. The molecule has 0 aromatic heterocycles. The van der Waals surface area contributed by atoms with Crippen LogP contribution in [0.2, 0.25) is 0 Å². The Kier molecular flexibility index (Phi) is 5.19. The molecule has 1 aliphatic heterocycles. The third kappa shape index (κ3) is 3.16. The van der Waals surface area contributed by atoms with Gasteiger partial charge >= 0.3 is 0 Å². The van der Waals surface area contributed by atoms with Crippen molar-refractivity contribution < 1.29 is 23.4 Å². The van der Waals surface area contributed by atoms with Crippen LogP contribution in [0.25, 0.3) is 0 Å². The molecule has 1 aliphatic carbocycles. The molecule has 1 aromatic carbocycles. The fraction of sp³-hybridized carbons (Fsp3) is 0.476. The molecule has 0 saturated carbocycles. The van der Waals surface area contributed by atoms with Gasteiger partial charge in [-0.25, -0.2) is 4.39 Å². The molecular formula is C21H25FO4. The number of ketones is 1. The van der Waals surface area contributed by atoms with Gasteiger partial charge in [0.1, 0.15) is 11.4 Å². The predicted octanol–water partition coefficient (Wildman–Crippen LogP) is 4.05. The Morgan fingerprint density at radius 2 is 2.23 bits per heavy atom. The first-order valence-electron chi connectivity index (χ1n) is 8.89. The Hall–Kier alpha value is -2.14. The lowest BCUT2D eigenvalue weighted by atomic mass is 9.69. The van der Waals surface area contributed by atoms with Crippen molar-refractivity contribution in [1.29, 1.82) is 0 Å². The number of halogens is 1. The summed E-state index contributed by atoms with van der Waals surface area (Å²) in [5, 5.41) is 0. The Bertz CT molecular complexity index is 742. The maximum absolute atomic E-state index is 14.0. The third-order valence-electron chi connectivity index (χ3n) is 5.67. The van der Waals surface area contributed by atoms with Crippen molar-refractivity contribution in [3.63, 3.8) is 0 Å². The standard InChI is InChI=1S/C21H25FO4/c1-5-13(2)16-11-21(20(10-18(16)23)25-12-26-21)14(3)8-15-6-7-19(24-4)17(22)9-15/h5-7,9-10,13-14,16H,1,8,11-12H2,2-4H3/t13?,14?,16?,21-/m1/s1. The van der Waals surface area contributed by atoms with Crippen molar-refractivity contribution in [3.05, 3.63) is 54.1 Å². The molecule has 1 heterocycles. The van der Waals surface area contributed by atoms with Crippen LogP contribution in [0.15, 0.2) is 42.7 Å². The first kappa shape index (κ1) is 18.6. The van der Waals surface area contributed by atoms with Gasteiger partial charge in [-0.1, -0.05) is 26.0 Å². The van der Waals surface area contributed by atoms with E-state index in [1.165, 1.54) is 13.2 Å². The Balaban J connectivity index is 1.87. The summed E-state index contributed by atoms with van der Waals surface area (Å²) in [5.41, 5.74) is 0.192. The maximum atomic E-state index is 14.0. The van der Waals surface area contributed by atoms with E-state index in [1.807, 2.05) is 13.0 Å². The molecule has 0 spiro atoms. The van der Waals surface area contributed by atoms with Crippen LogP contribution in [0, 0.1) is 23.6 Å². The minimum absolute atomic E-state index is 0.0108. The van der Waals surface area contributed by atoms with E-state index in [9.17, 15) is 9.18 Å². The lowest BCUT2D eigenvalue weighted by molar-refractivity contribution is -0.124. The van der Waals surface area contributed by atoms with E-state index in [-0.39, 0.29) is 41.9 Å². The van der Waals surface area contributed by atoms with Crippen LogP contribution in [0.1, 0.15) is 25.8 Å². The molecule has 0 bridgehead atoms. The van der Waals surface area contributed by atoms with Crippen LogP contribution < -0.4 is 4.74 Å². The summed E-state index contributed by atoms with van der Waals surface area (Å²) < 4.78 is 30.6. The lowest BCUT2D eigenvalue weighted by Crippen LogP contribution is -2.46. The molecule has 2 aliphatic rings. The number of rotatable bonds is 6. The van der Waals surface area contributed by atoms with Gasteiger partial charge in [0.15, 0.2) is 24.1 Å². The fourth-order valence-corrected chi connectivity index (χ4v) is 3.93. The van der Waals surface area contributed by atoms with Gasteiger partial charge < -0.3 is 14.2 Å². The monoisotopic (exact) mass is 360 g/mol. The Morgan fingerprint density at radius 3 is 2.88 bits per heavy atom. The zero-order chi connectivity index (χ0) is 18.9. The molecular weight excluding hydrogens is 335 g/mol. The highest BCUT2D eigenvalue weighted by molar-refractivity contribution is 5.94. The van der Waals surface area contributed by atoms with E-state index in [0.29, 0.717) is 18.6 Å². The molecule has 3 rings (SSSR count). The van der Waals surface area contributed by atoms with Gasteiger partial charge in [0.25, 0.3) is 0 Å². The molecule has 5 heteroatoms. The van der Waals surface area contributed by atoms with Gasteiger partial charge in [0.05, 0.1) is 7.11 Å². The lowest BCUT2D eigenvalue weighted by Gasteiger charge is -2.39. The summed E-state index contributed by atoms with van der Waals surface area (Å²) >= 11 is 0. The second-order valence-electron chi connectivity index (χ2n) is 7.19. The molecule has 1 saturated heterocycles. The summed E-state index contributed by atoms with van der Waals surface area (Å²) in [5.74, 6) is 0.360. The minimum atomic E-state index is -0.660. The van der Waals surface area contributed by atoms with Gasteiger partial charge in [0.2, 0.25) is 0 Å². The van der Waals surface area contributed by atoms with Crippen molar-refractivity contribution in [3.8, 4) is 5.75 Å². The quantitative estimate of drug-likeness (QED) is 0.718. The van der Waals surface area contributed by atoms with E-state index in [2.05, 4.69) is 13.5 Å². The summed E-state index contributed by atoms with van der Waals surface area (Å²) in [6.45, 7) is 7.99. The zero-order valence-corrected chi connectivity index (χ0v) is 15.5. The molecule has 4 nitrogen and oxygen atoms in total. The van der Waals surface area contributed by atoms with E-state index >= 15 is 0 Å². The van der Waals surface area contributed by atoms with Gasteiger partial charge in [-0.3, -0.25) is 4.79 Å². The van der Waals surface area contributed by atoms with E-state index < -0.39 is 5.60 Å². The highest BCUT2D eigenvalue weighted by atomic mass is 19.1. The molecule has 3 unspecified atom stereocenters. The number of benzene rings is 1. The summed E-state index contributed by atoms with van der Waals surface area (Å²) in [6.07, 6.45) is 4.52. The van der Waals surface area contributed by atoms with Crippen LogP contribution in [0.4, 0.5) is 4.39 Å². The molecule has 1 aromatic rings. The molecule has 26 heavy (non-hydrogen) atoms. The van der Waals surface area contributed by atoms with Crippen molar-refractivity contribution >= 4 is 5.78 Å². The highest BCUT2D eigenvalue weighted by Crippen LogP contribution is 2.47. The largest absolute Gasteiger partial charge is 0.494 e. The molecule has 140 valence electrons. The topological polar surface area (TPSA) is 44.8 Å². The number of carbonyl (C=O) groups is 1. The fourth-order valence-electron chi connectivity index (χ4n) is 3.93. The number of hydrogen-bond acceptors (Lipinski definition) is 4. The molecule has 4 atom stereocenters. The summed E-state index contributed by atoms with van der Waals surface area (Å²) in [7, 11) is 1.44. The third-order valence-corrected chi connectivity index (χ3v) is 5.67. The normalized spacial score (nSPS) is 27.2. The predicted molar refractivity (Wildman–Crippen MR) is 96.1 cm³/mol. The van der Waals surface area contributed by atoms with E-state index in [4.69, 9.17) is 14.2 Å². The highest BCUT2D eigenvalue weighted by Gasteiger charge is 2.52. The Labute approximate surface area is 153 Å². The van der Waals surface area contributed by atoms with Crippen molar-refractivity contribution in [2.45, 2.75) is 32.3 Å². The average Bonchev–Trinajstić information content (AvgIpc) is 3.04. The van der Waals surface area contributed by atoms with Gasteiger partial charge in [0, 0.05) is 12.0 Å². The number of methoxy groups -OCH3 is 1. The number of allylic oxidation sites excluding steroid dienone is 2. The first-order chi connectivity index (χ1) is 12.4. The first-order valence-corrected chi connectivity index (χ1v) is 8.89. The van der Waals surface area contributed by atoms with Crippen molar-refractivity contribution in [2.75, 3.05) is 13.9 Å².